The summed E-state index contributed by atoms with van der Waals surface area (Å²) in [7, 11) is 1.75. The second-order valence-electron chi connectivity index (χ2n) is 4.28. The fourth-order valence-corrected chi connectivity index (χ4v) is 1.67. The first-order valence-corrected chi connectivity index (χ1v) is 6.10. The van der Waals surface area contributed by atoms with E-state index in [0.29, 0.717) is 16.9 Å². The maximum Gasteiger partial charge on any atom is 0.328 e. The Hall–Kier alpha value is -3.09. The second-order valence-corrected chi connectivity index (χ2v) is 4.28. The highest BCUT2D eigenvalue weighted by molar-refractivity contribution is 5.99. The molecule has 7 heteroatoms. The van der Waals surface area contributed by atoms with Crippen molar-refractivity contribution in [2.45, 2.75) is 0 Å². The van der Waals surface area contributed by atoms with Crippen molar-refractivity contribution in [3.8, 4) is 0 Å². The first-order chi connectivity index (χ1) is 10.0. The first-order valence-electron chi connectivity index (χ1n) is 6.10. The predicted octanol–water partition coefficient (Wildman–Crippen LogP) is 2.16. The maximum absolute atomic E-state index is 11.8. The van der Waals surface area contributed by atoms with Crippen molar-refractivity contribution in [3.63, 3.8) is 0 Å². The third-order valence-electron chi connectivity index (χ3n) is 2.53. The number of hydrogen-bond acceptors (Lipinski definition) is 3. The van der Waals surface area contributed by atoms with Gasteiger partial charge < -0.3 is 15.7 Å². The quantitative estimate of drug-likeness (QED) is 0.750. The van der Waals surface area contributed by atoms with Crippen molar-refractivity contribution < 1.29 is 14.7 Å². The molecule has 1 aromatic carbocycles. The van der Waals surface area contributed by atoms with Crippen LogP contribution in [-0.4, -0.2) is 26.9 Å². The van der Waals surface area contributed by atoms with Crippen LogP contribution in [0.4, 0.5) is 16.2 Å². The Morgan fingerprint density at radius 2 is 2.05 bits per heavy atom. The molecule has 0 spiro atoms. The molecule has 2 amide bonds. The van der Waals surface area contributed by atoms with E-state index in [4.69, 9.17) is 5.11 Å². The summed E-state index contributed by atoms with van der Waals surface area (Å²) in [5.74, 6) is -1.03. The summed E-state index contributed by atoms with van der Waals surface area (Å²) in [4.78, 5) is 22.3. The van der Waals surface area contributed by atoms with Crippen LogP contribution in [0.3, 0.4) is 0 Å². The molecule has 0 saturated carbocycles. The Labute approximate surface area is 120 Å². The number of carboxylic acid groups (broad SMARTS) is 1. The van der Waals surface area contributed by atoms with Crippen LogP contribution in [0.1, 0.15) is 5.56 Å². The monoisotopic (exact) mass is 286 g/mol. The number of amides is 2. The van der Waals surface area contributed by atoms with E-state index >= 15 is 0 Å². The van der Waals surface area contributed by atoms with Crippen LogP contribution >= 0.6 is 0 Å². The van der Waals surface area contributed by atoms with Crippen LogP contribution in [0.15, 0.2) is 42.7 Å². The minimum absolute atomic E-state index is 0.401. The van der Waals surface area contributed by atoms with Gasteiger partial charge in [-0.3, -0.25) is 4.68 Å². The summed E-state index contributed by atoms with van der Waals surface area (Å²) in [6.07, 6.45) is 5.69. The van der Waals surface area contributed by atoms with E-state index in [0.717, 1.165) is 6.08 Å². The lowest BCUT2D eigenvalue weighted by Crippen LogP contribution is -2.19. The summed E-state index contributed by atoms with van der Waals surface area (Å²) in [6, 6.07) is 6.44. The third-order valence-corrected chi connectivity index (χ3v) is 2.53. The molecule has 2 aromatic rings. The van der Waals surface area contributed by atoms with E-state index in [1.54, 1.807) is 42.2 Å². The summed E-state index contributed by atoms with van der Waals surface area (Å²) in [5.41, 5.74) is 1.82. The molecule has 108 valence electrons. The molecular weight excluding hydrogens is 272 g/mol. The highest BCUT2D eigenvalue weighted by Crippen LogP contribution is 2.13. The van der Waals surface area contributed by atoms with Crippen molar-refractivity contribution in [1.29, 1.82) is 0 Å². The highest BCUT2D eigenvalue weighted by Gasteiger charge is 2.04. The fraction of sp³-hybridized carbons (Fsp3) is 0.0714. The number of benzene rings is 1. The van der Waals surface area contributed by atoms with E-state index in [-0.39, 0.29) is 0 Å². The lowest BCUT2D eigenvalue weighted by atomic mass is 10.2. The molecule has 21 heavy (non-hydrogen) atoms. The van der Waals surface area contributed by atoms with Gasteiger partial charge in [0.25, 0.3) is 0 Å². The van der Waals surface area contributed by atoms with Crippen LogP contribution < -0.4 is 10.6 Å². The molecule has 1 aromatic heterocycles. The van der Waals surface area contributed by atoms with Crippen molar-refractivity contribution in [2.24, 2.45) is 7.05 Å². The van der Waals surface area contributed by atoms with Crippen LogP contribution in [-0.2, 0) is 11.8 Å². The SMILES string of the molecule is Cn1cc(NC(=O)Nc2cccc(/C=C/C(=O)O)c2)cn1. The van der Waals surface area contributed by atoms with Gasteiger partial charge in [-0.1, -0.05) is 12.1 Å². The van der Waals surface area contributed by atoms with E-state index < -0.39 is 12.0 Å². The summed E-state index contributed by atoms with van der Waals surface area (Å²) in [5, 5.41) is 17.8. The van der Waals surface area contributed by atoms with E-state index in [1.807, 2.05) is 0 Å². The molecule has 0 aliphatic heterocycles. The van der Waals surface area contributed by atoms with Gasteiger partial charge in [-0.25, -0.2) is 9.59 Å². The first kappa shape index (κ1) is 14.3. The zero-order chi connectivity index (χ0) is 15.2. The van der Waals surface area contributed by atoms with Gasteiger partial charge in [0.05, 0.1) is 11.9 Å². The van der Waals surface area contributed by atoms with E-state index in [2.05, 4.69) is 15.7 Å². The van der Waals surface area contributed by atoms with Gasteiger partial charge in [0.1, 0.15) is 0 Å². The summed E-state index contributed by atoms with van der Waals surface area (Å²) >= 11 is 0. The Morgan fingerprint density at radius 3 is 2.71 bits per heavy atom. The molecule has 0 radical (unpaired) electrons. The number of aliphatic carboxylic acids is 1. The molecule has 0 fully saturated rings. The molecule has 0 atom stereocenters. The van der Waals surface area contributed by atoms with Crippen LogP contribution in [0.2, 0.25) is 0 Å². The average Bonchev–Trinajstić information content (AvgIpc) is 2.82. The minimum atomic E-state index is -1.03. The lowest BCUT2D eigenvalue weighted by molar-refractivity contribution is -0.131. The molecule has 0 bridgehead atoms. The molecule has 0 unspecified atom stereocenters. The minimum Gasteiger partial charge on any atom is -0.478 e. The number of rotatable bonds is 4. The van der Waals surface area contributed by atoms with Crippen molar-refractivity contribution in [3.05, 3.63) is 48.3 Å². The van der Waals surface area contributed by atoms with Crippen molar-refractivity contribution in [2.75, 3.05) is 10.6 Å². The van der Waals surface area contributed by atoms with Gasteiger partial charge in [-0.05, 0) is 23.8 Å². The van der Waals surface area contributed by atoms with Gasteiger partial charge in [-0.15, -0.1) is 0 Å². The van der Waals surface area contributed by atoms with Crippen molar-refractivity contribution >= 4 is 29.5 Å². The third kappa shape index (κ3) is 4.50. The van der Waals surface area contributed by atoms with E-state index in [9.17, 15) is 9.59 Å². The van der Waals surface area contributed by atoms with E-state index in [1.165, 1.54) is 12.3 Å². The lowest BCUT2D eigenvalue weighted by Gasteiger charge is -2.06. The molecule has 0 aliphatic rings. The van der Waals surface area contributed by atoms with Crippen LogP contribution in [0.5, 0.6) is 0 Å². The fourth-order valence-electron chi connectivity index (χ4n) is 1.67. The molecule has 1 heterocycles. The molecule has 0 aliphatic carbocycles. The number of hydrogen-bond donors (Lipinski definition) is 3. The smallest absolute Gasteiger partial charge is 0.328 e. The number of carbonyl (C=O) groups excluding carboxylic acids is 1. The number of aryl methyl sites for hydroxylation is 1. The van der Waals surface area contributed by atoms with Crippen LogP contribution in [0.25, 0.3) is 6.08 Å². The number of aromatic nitrogens is 2. The normalized spacial score (nSPS) is 10.5. The Morgan fingerprint density at radius 1 is 1.29 bits per heavy atom. The maximum atomic E-state index is 11.8. The number of anilines is 2. The zero-order valence-electron chi connectivity index (χ0n) is 11.3. The molecule has 7 nitrogen and oxygen atoms in total. The number of nitrogens with one attached hydrogen (secondary N) is 2. The van der Waals surface area contributed by atoms with Crippen LogP contribution in [0, 0.1) is 0 Å². The summed E-state index contributed by atoms with van der Waals surface area (Å²) < 4.78 is 1.58. The second kappa shape index (κ2) is 6.38. The number of nitrogens with zero attached hydrogens (tertiary/aromatic N) is 2. The largest absolute Gasteiger partial charge is 0.478 e. The Bertz CT molecular complexity index is 691. The van der Waals surface area contributed by atoms with Gasteiger partial charge in [0.2, 0.25) is 0 Å². The Kier molecular flexibility index (Phi) is 4.35. The zero-order valence-corrected chi connectivity index (χ0v) is 11.3. The molecule has 3 N–H and O–H groups in total. The molecule has 2 rings (SSSR count). The number of carbonyl (C=O) groups is 2. The number of urea groups is 1. The average molecular weight is 286 g/mol. The highest BCUT2D eigenvalue weighted by atomic mass is 16.4. The topological polar surface area (TPSA) is 96.2 Å². The summed E-state index contributed by atoms with van der Waals surface area (Å²) in [6.45, 7) is 0. The predicted molar refractivity (Wildman–Crippen MR) is 79.0 cm³/mol. The van der Waals surface area contributed by atoms with Gasteiger partial charge >= 0.3 is 12.0 Å². The number of carboxylic acids is 1. The van der Waals surface area contributed by atoms with Gasteiger partial charge in [0.15, 0.2) is 0 Å². The molecular formula is C14H14N4O3. The Balaban J connectivity index is 2.00. The van der Waals surface area contributed by atoms with Crippen molar-refractivity contribution in [1.82, 2.24) is 9.78 Å². The van der Waals surface area contributed by atoms with Gasteiger partial charge in [0, 0.05) is 25.0 Å². The van der Waals surface area contributed by atoms with Gasteiger partial charge in [-0.2, -0.15) is 5.10 Å². The standard InChI is InChI=1S/C14H14N4O3/c1-18-9-12(8-15-18)17-14(21)16-11-4-2-3-10(7-11)5-6-13(19)20/h2-9H,1H3,(H,19,20)(H2,16,17,21)/b6-5+. The molecule has 0 saturated heterocycles.